The third kappa shape index (κ3) is 3.44. The predicted molar refractivity (Wildman–Crippen MR) is 107 cm³/mol. The van der Waals surface area contributed by atoms with Crippen molar-refractivity contribution in [1.29, 1.82) is 0 Å². The molecule has 0 spiro atoms. The summed E-state index contributed by atoms with van der Waals surface area (Å²) >= 11 is 0. The molecule has 134 valence electrons. The molecular weight excluding hydrogens is 336 g/mol. The Morgan fingerprint density at radius 2 is 1.81 bits per heavy atom. The van der Waals surface area contributed by atoms with Gasteiger partial charge in [0.1, 0.15) is 17.1 Å². The second-order valence-corrected chi connectivity index (χ2v) is 6.49. The molecule has 1 N–H and O–H groups in total. The third-order valence-corrected chi connectivity index (χ3v) is 4.47. The van der Waals surface area contributed by atoms with E-state index in [1.165, 1.54) is 5.56 Å². The van der Waals surface area contributed by atoms with Crippen molar-refractivity contribution in [3.05, 3.63) is 78.0 Å². The fourth-order valence-corrected chi connectivity index (χ4v) is 2.99. The van der Waals surface area contributed by atoms with Gasteiger partial charge >= 0.3 is 0 Å². The van der Waals surface area contributed by atoms with Crippen LogP contribution in [0.25, 0.3) is 16.9 Å². The number of fused-ring (bicyclic) bond motifs is 1. The van der Waals surface area contributed by atoms with Gasteiger partial charge in [0.2, 0.25) is 0 Å². The van der Waals surface area contributed by atoms with Gasteiger partial charge in [-0.05, 0) is 42.7 Å². The summed E-state index contributed by atoms with van der Waals surface area (Å²) in [7, 11) is 0. The summed E-state index contributed by atoms with van der Waals surface area (Å²) in [6.45, 7) is 4.17. The van der Waals surface area contributed by atoms with Gasteiger partial charge in [0, 0.05) is 17.8 Å². The molecule has 2 heterocycles. The molecule has 0 fully saturated rings. The van der Waals surface area contributed by atoms with E-state index in [0.717, 1.165) is 28.9 Å². The van der Waals surface area contributed by atoms with Crippen LogP contribution >= 0.6 is 0 Å². The first-order valence-corrected chi connectivity index (χ1v) is 8.93. The minimum Gasteiger partial charge on any atom is -0.508 e. The quantitative estimate of drug-likeness (QED) is 0.456. The maximum atomic E-state index is 9.64. The average molecular weight is 356 g/mol. The van der Waals surface area contributed by atoms with Crippen LogP contribution in [-0.4, -0.2) is 14.5 Å². The van der Waals surface area contributed by atoms with Crippen LogP contribution in [0.4, 0.5) is 11.5 Å². The highest BCUT2D eigenvalue weighted by atomic mass is 16.3. The normalized spacial score (nSPS) is 11.5. The van der Waals surface area contributed by atoms with Crippen molar-refractivity contribution in [1.82, 2.24) is 9.38 Å². The highest BCUT2D eigenvalue weighted by Crippen LogP contribution is 2.33. The van der Waals surface area contributed by atoms with E-state index in [9.17, 15) is 5.11 Å². The van der Waals surface area contributed by atoms with Crippen LogP contribution in [0.5, 0.6) is 5.75 Å². The number of phenols is 1. The Balaban J connectivity index is 1.86. The van der Waals surface area contributed by atoms with Crippen molar-refractivity contribution >= 4 is 17.2 Å². The van der Waals surface area contributed by atoms with E-state index in [1.807, 2.05) is 29.7 Å². The maximum Gasteiger partial charge on any atom is 0.187 e. The molecule has 4 aromatic rings. The number of aromatic nitrogens is 2. The Morgan fingerprint density at radius 3 is 2.56 bits per heavy atom. The largest absolute Gasteiger partial charge is 0.508 e. The van der Waals surface area contributed by atoms with Gasteiger partial charge in [-0.3, -0.25) is 4.40 Å². The lowest BCUT2D eigenvalue weighted by Gasteiger charge is -2.02. The van der Waals surface area contributed by atoms with E-state index in [0.29, 0.717) is 11.5 Å². The van der Waals surface area contributed by atoms with Crippen LogP contribution in [-0.2, 0) is 6.42 Å². The summed E-state index contributed by atoms with van der Waals surface area (Å²) in [4.78, 5) is 4.77. The average Bonchev–Trinajstić information content (AvgIpc) is 3.04. The number of hydrogen-bond acceptors (Lipinski definition) is 4. The molecule has 5 nitrogen and oxygen atoms in total. The number of benzene rings is 2. The van der Waals surface area contributed by atoms with Gasteiger partial charge in [0.25, 0.3) is 0 Å². The molecule has 5 heteroatoms. The number of imidazole rings is 1. The van der Waals surface area contributed by atoms with Crippen molar-refractivity contribution < 1.29 is 5.11 Å². The molecule has 2 aromatic carbocycles. The molecule has 0 aliphatic rings. The second-order valence-electron chi connectivity index (χ2n) is 6.49. The Morgan fingerprint density at radius 1 is 1.00 bits per heavy atom. The lowest BCUT2D eigenvalue weighted by molar-refractivity contribution is 0.475. The highest BCUT2D eigenvalue weighted by Gasteiger charge is 2.14. The zero-order chi connectivity index (χ0) is 18.8. The number of phenolic OH excluding ortho intramolecular Hbond substituents is 1. The zero-order valence-corrected chi connectivity index (χ0v) is 15.3. The molecule has 0 amide bonds. The summed E-state index contributed by atoms with van der Waals surface area (Å²) in [5, 5.41) is 18.4. The first kappa shape index (κ1) is 17.0. The number of azo groups is 1. The van der Waals surface area contributed by atoms with E-state index < -0.39 is 0 Å². The summed E-state index contributed by atoms with van der Waals surface area (Å²) in [5.74, 6) is 0.831. The molecule has 0 radical (unpaired) electrons. The monoisotopic (exact) mass is 356 g/mol. The molecule has 0 unspecified atom stereocenters. The smallest absolute Gasteiger partial charge is 0.187 e. The molecule has 0 atom stereocenters. The number of pyridine rings is 1. The van der Waals surface area contributed by atoms with Gasteiger partial charge in [0.15, 0.2) is 5.82 Å². The zero-order valence-electron chi connectivity index (χ0n) is 15.3. The fraction of sp³-hybridized carbons (Fsp3) is 0.136. The van der Waals surface area contributed by atoms with E-state index in [4.69, 9.17) is 4.98 Å². The lowest BCUT2D eigenvalue weighted by atomic mass is 10.1. The molecular formula is C22H20N4O. The number of aromatic hydroxyl groups is 1. The van der Waals surface area contributed by atoms with E-state index >= 15 is 0 Å². The number of rotatable bonds is 4. The van der Waals surface area contributed by atoms with Crippen LogP contribution < -0.4 is 0 Å². The SMILES string of the molecule is CCc1ccc(-c2nc3ccc(C)cn3c2N=Nc2cccc(O)c2)cc1. The Labute approximate surface area is 157 Å². The highest BCUT2D eigenvalue weighted by molar-refractivity contribution is 5.74. The molecule has 0 aliphatic heterocycles. The van der Waals surface area contributed by atoms with E-state index in [2.05, 4.69) is 41.4 Å². The number of hydrogen-bond donors (Lipinski definition) is 1. The Hall–Kier alpha value is -3.47. The second kappa shape index (κ2) is 7.03. The Bertz CT molecular complexity index is 1130. The van der Waals surface area contributed by atoms with Gasteiger partial charge in [-0.15, -0.1) is 10.2 Å². The van der Waals surface area contributed by atoms with E-state index in [1.54, 1.807) is 24.3 Å². The number of aryl methyl sites for hydroxylation is 2. The standard InChI is InChI=1S/C22H20N4O/c1-3-16-8-10-17(11-9-16)21-22(25-24-18-5-4-6-19(27)13-18)26-14-15(2)7-12-20(26)23-21/h4-14,27H,3H2,1-2H3. The van der Waals surface area contributed by atoms with Crippen molar-refractivity contribution in [2.75, 3.05) is 0 Å². The fourth-order valence-electron chi connectivity index (χ4n) is 2.99. The van der Waals surface area contributed by atoms with Crippen LogP contribution in [0.3, 0.4) is 0 Å². The Kier molecular flexibility index (Phi) is 4.42. The lowest BCUT2D eigenvalue weighted by Crippen LogP contribution is -1.85. The minimum atomic E-state index is 0.163. The first-order chi connectivity index (χ1) is 13.1. The third-order valence-electron chi connectivity index (χ3n) is 4.47. The summed E-state index contributed by atoms with van der Waals surface area (Å²) in [5.41, 5.74) is 5.58. The maximum absolute atomic E-state index is 9.64. The number of nitrogens with zero attached hydrogens (tertiary/aromatic N) is 4. The van der Waals surface area contributed by atoms with Crippen molar-refractivity contribution in [3.8, 4) is 17.0 Å². The molecule has 0 bridgehead atoms. The minimum absolute atomic E-state index is 0.163. The van der Waals surface area contributed by atoms with Gasteiger partial charge in [-0.1, -0.05) is 43.3 Å². The summed E-state index contributed by atoms with van der Waals surface area (Å²) < 4.78 is 1.95. The van der Waals surface area contributed by atoms with Crippen LogP contribution in [0.1, 0.15) is 18.1 Å². The summed E-state index contributed by atoms with van der Waals surface area (Å²) in [6, 6.07) is 19.1. The molecule has 27 heavy (non-hydrogen) atoms. The predicted octanol–water partition coefficient (Wildman–Crippen LogP) is 5.99. The molecule has 4 rings (SSSR count). The van der Waals surface area contributed by atoms with Crippen molar-refractivity contribution in [2.45, 2.75) is 20.3 Å². The van der Waals surface area contributed by atoms with Crippen LogP contribution in [0.2, 0.25) is 0 Å². The van der Waals surface area contributed by atoms with Gasteiger partial charge in [-0.25, -0.2) is 4.98 Å². The van der Waals surface area contributed by atoms with Gasteiger partial charge < -0.3 is 5.11 Å². The molecule has 0 saturated heterocycles. The molecule has 2 aromatic heterocycles. The van der Waals surface area contributed by atoms with Crippen LogP contribution in [0, 0.1) is 6.92 Å². The van der Waals surface area contributed by atoms with Gasteiger partial charge in [0.05, 0.1) is 5.69 Å². The van der Waals surface area contributed by atoms with E-state index in [-0.39, 0.29) is 5.75 Å². The topological polar surface area (TPSA) is 62.2 Å². The van der Waals surface area contributed by atoms with Crippen LogP contribution in [0.15, 0.2) is 77.1 Å². The summed E-state index contributed by atoms with van der Waals surface area (Å²) in [6.07, 6.45) is 3.00. The van der Waals surface area contributed by atoms with Crippen molar-refractivity contribution in [2.24, 2.45) is 10.2 Å². The molecule has 0 aliphatic carbocycles. The van der Waals surface area contributed by atoms with Gasteiger partial charge in [-0.2, -0.15) is 0 Å². The molecule has 0 saturated carbocycles. The first-order valence-electron chi connectivity index (χ1n) is 8.93. The van der Waals surface area contributed by atoms with Crippen molar-refractivity contribution in [3.63, 3.8) is 0 Å².